The van der Waals surface area contributed by atoms with Gasteiger partial charge in [-0.25, -0.2) is 4.98 Å². The summed E-state index contributed by atoms with van der Waals surface area (Å²) in [4.78, 5) is 4.75. The summed E-state index contributed by atoms with van der Waals surface area (Å²) in [6.45, 7) is 3.11. The fourth-order valence-corrected chi connectivity index (χ4v) is 3.80. The first-order valence-corrected chi connectivity index (χ1v) is 8.99. The van der Waals surface area contributed by atoms with E-state index in [2.05, 4.69) is 77.3 Å². The summed E-state index contributed by atoms with van der Waals surface area (Å²) in [5, 5.41) is 4.77. The normalized spacial score (nSPS) is 12.7. The molecule has 2 nitrogen and oxygen atoms in total. The van der Waals surface area contributed by atoms with Crippen LogP contribution in [0.15, 0.2) is 48.5 Å². The van der Waals surface area contributed by atoms with Gasteiger partial charge in [0, 0.05) is 16.0 Å². The van der Waals surface area contributed by atoms with E-state index >= 15 is 0 Å². The monoisotopic (exact) mass is 408 g/mol. The van der Waals surface area contributed by atoms with Crippen molar-refractivity contribution in [3.8, 4) is 0 Å². The van der Waals surface area contributed by atoms with Gasteiger partial charge in [-0.3, -0.25) is 0 Å². The number of rotatable bonds is 5. The number of benzene rings is 2. The van der Waals surface area contributed by atoms with Crippen LogP contribution in [0.2, 0.25) is 0 Å². The fraction of sp³-hybridized carbons (Fsp3) is 0.235. The number of halogens is 1. The highest BCUT2D eigenvalue weighted by atomic mass is 127. The molecule has 1 atom stereocenters. The van der Waals surface area contributed by atoms with E-state index in [4.69, 9.17) is 4.98 Å². The van der Waals surface area contributed by atoms with Gasteiger partial charge in [0.1, 0.15) is 0 Å². The van der Waals surface area contributed by atoms with Crippen molar-refractivity contribution in [2.45, 2.75) is 19.4 Å². The van der Waals surface area contributed by atoms with E-state index in [1.807, 2.05) is 6.07 Å². The van der Waals surface area contributed by atoms with Crippen molar-refractivity contribution in [1.29, 1.82) is 0 Å². The van der Waals surface area contributed by atoms with Crippen molar-refractivity contribution in [2.24, 2.45) is 0 Å². The molecule has 108 valence electrons. The summed E-state index contributed by atoms with van der Waals surface area (Å²) in [6, 6.07) is 17.4. The van der Waals surface area contributed by atoms with Crippen LogP contribution in [-0.2, 0) is 6.42 Å². The van der Waals surface area contributed by atoms with Crippen molar-refractivity contribution in [3.05, 3.63) is 62.7 Å². The lowest BCUT2D eigenvalue weighted by Gasteiger charge is -2.17. The topological polar surface area (TPSA) is 24.9 Å². The van der Waals surface area contributed by atoms with E-state index < -0.39 is 0 Å². The van der Waals surface area contributed by atoms with E-state index in [0.717, 1.165) is 18.5 Å². The van der Waals surface area contributed by atoms with E-state index in [1.54, 1.807) is 11.3 Å². The van der Waals surface area contributed by atoms with Crippen LogP contribution in [0.1, 0.15) is 23.5 Å². The molecule has 3 aromatic rings. The van der Waals surface area contributed by atoms with Gasteiger partial charge in [-0.05, 0) is 59.0 Å². The second-order valence-electron chi connectivity index (χ2n) is 4.94. The lowest BCUT2D eigenvalue weighted by atomic mass is 10.0. The molecule has 0 spiro atoms. The summed E-state index contributed by atoms with van der Waals surface area (Å²) >= 11 is 4.14. The number of nitrogens with zero attached hydrogens (tertiary/aromatic N) is 1. The smallest absolute Gasteiger partial charge is 0.0957 e. The summed E-state index contributed by atoms with van der Waals surface area (Å²) in [5.41, 5.74) is 2.44. The van der Waals surface area contributed by atoms with E-state index in [-0.39, 0.29) is 0 Å². The van der Waals surface area contributed by atoms with E-state index in [1.165, 1.54) is 18.8 Å². The molecule has 2 aromatic carbocycles. The number of hydrogen-bond acceptors (Lipinski definition) is 3. The molecule has 0 saturated carbocycles. The summed E-state index contributed by atoms with van der Waals surface area (Å²) in [6.07, 6.45) is 0.938. The summed E-state index contributed by atoms with van der Waals surface area (Å²) in [5.74, 6) is 0. The third-order valence-corrected chi connectivity index (χ3v) is 5.22. The van der Waals surface area contributed by atoms with Crippen molar-refractivity contribution in [3.63, 3.8) is 0 Å². The number of fused-ring (bicyclic) bond motifs is 1. The molecule has 0 fully saturated rings. The third kappa shape index (κ3) is 3.62. The molecule has 21 heavy (non-hydrogen) atoms. The van der Waals surface area contributed by atoms with Crippen molar-refractivity contribution in [1.82, 2.24) is 10.3 Å². The number of likely N-dealkylation sites (N-methyl/N-ethyl adjacent to an activating group) is 1. The molecule has 1 heterocycles. The minimum Gasteiger partial charge on any atom is -0.310 e. The predicted octanol–water partition coefficient (Wildman–Crippen LogP) is 4.79. The number of nitrogens with one attached hydrogen (secondary N) is 1. The maximum Gasteiger partial charge on any atom is 0.0957 e. The Hall–Kier alpha value is -0.980. The molecule has 1 N–H and O–H groups in total. The molecular weight excluding hydrogens is 391 g/mol. The Morgan fingerprint density at radius 1 is 1.14 bits per heavy atom. The minimum atomic E-state index is 0.326. The van der Waals surface area contributed by atoms with Crippen LogP contribution in [0, 0.1) is 3.57 Å². The van der Waals surface area contributed by atoms with Crippen LogP contribution < -0.4 is 5.32 Å². The van der Waals surface area contributed by atoms with Crippen molar-refractivity contribution >= 4 is 44.1 Å². The molecular formula is C17H17IN2S. The standard InChI is InChI=1S/C17H17IN2S/c1-2-19-15(12-7-9-13(18)10-8-12)11-17-20-14-5-3-4-6-16(14)21-17/h3-10,15,19H,2,11H2,1H3. The highest BCUT2D eigenvalue weighted by Gasteiger charge is 2.14. The zero-order valence-corrected chi connectivity index (χ0v) is 14.8. The largest absolute Gasteiger partial charge is 0.310 e. The third-order valence-electron chi connectivity index (χ3n) is 3.44. The van der Waals surface area contributed by atoms with Crippen molar-refractivity contribution < 1.29 is 0 Å². The molecule has 0 saturated heterocycles. The zero-order valence-electron chi connectivity index (χ0n) is 11.8. The quantitative estimate of drug-likeness (QED) is 0.614. The summed E-state index contributed by atoms with van der Waals surface area (Å²) in [7, 11) is 0. The average Bonchev–Trinajstić information content (AvgIpc) is 2.90. The van der Waals surface area contributed by atoms with Crippen LogP contribution in [0.3, 0.4) is 0 Å². The van der Waals surface area contributed by atoms with Gasteiger partial charge in [-0.15, -0.1) is 11.3 Å². The Bertz CT molecular complexity index is 688. The fourth-order valence-electron chi connectivity index (χ4n) is 2.43. The first-order chi connectivity index (χ1) is 10.3. The van der Waals surface area contributed by atoms with Gasteiger partial charge in [0.05, 0.1) is 15.2 Å². The maximum atomic E-state index is 4.75. The van der Waals surface area contributed by atoms with E-state index in [9.17, 15) is 0 Å². The Morgan fingerprint density at radius 2 is 1.90 bits per heavy atom. The SMILES string of the molecule is CCNC(Cc1nc2ccccc2s1)c1ccc(I)cc1. The van der Waals surface area contributed by atoms with Gasteiger partial charge in [0.15, 0.2) is 0 Å². The second-order valence-corrected chi connectivity index (χ2v) is 7.30. The van der Waals surface area contributed by atoms with Crippen LogP contribution >= 0.6 is 33.9 Å². The molecule has 0 aliphatic rings. The number of thiazole rings is 1. The average molecular weight is 408 g/mol. The highest BCUT2D eigenvalue weighted by Crippen LogP contribution is 2.26. The molecule has 0 radical (unpaired) electrons. The van der Waals surface area contributed by atoms with E-state index in [0.29, 0.717) is 6.04 Å². The van der Waals surface area contributed by atoms with Crippen LogP contribution in [-0.4, -0.2) is 11.5 Å². The molecule has 0 aliphatic carbocycles. The molecule has 3 rings (SSSR count). The molecule has 0 bridgehead atoms. The first kappa shape index (κ1) is 14.9. The molecule has 1 aromatic heterocycles. The second kappa shape index (κ2) is 6.85. The first-order valence-electron chi connectivity index (χ1n) is 7.09. The maximum absolute atomic E-state index is 4.75. The highest BCUT2D eigenvalue weighted by molar-refractivity contribution is 14.1. The predicted molar refractivity (Wildman–Crippen MR) is 98.9 cm³/mol. The van der Waals surface area contributed by atoms with Gasteiger partial charge >= 0.3 is 0 Å². The van der Waals surface area contributed by atoms with Crippen LogP contribution in [0.4, 0.5) is 0 Å². The molecule has 0 aliphatic heterocycles. The molecule has 0 amide bonds. The van der Waals surface area contributed by atoms with Gasteiger partial charge in [-0.1, -0.05) is 31.2 Å². The Balaban J connectivity index is 1.85. The Morgan fingerprint density at radius 3 is 2.62 bits per heavy atom. The minimum absolute atomic E-state index is 0.326. The number of aromatic nitrogens is 1. The molecule has 4 heteroatoms. The molecule has 1 unspecified atom stereocenters. The Kier molecular flexibility index (Phi) is 4.87. The number of hydrogen-bond donors (Lipinski definition) is 1. The van der Waals surface area contributed by atoms with Gasteiger partial charge in [-0.2, -0.15) is 0 Å². The van der Waals surface area contributed by atoms with Crippen molar-refractivity contribution in [2.75, 3.05) is 6.54 Å². The van der Waals surface area contributed by atoms with Crippen LogP contribution in [0.25, 0.3) is 10.2 Å². The number of para-hydroxylation sites is 1. The van der Waals surface area contributed by atoms with Gasteiger partial charge in [0.2, 0.25) is 0 Å². The Labute approximate surface area is 142 Å². The van der Waals surface area contributed by atoms with Gasteiger partial charge in [0.25, 0.3) is 0 Å². The summed E-state index contributed by atoms with van der Waals surface area (Å²) < 4.78 is 2.54. The van der Waals surface area contributed by atoms with Gasteiger partial charge < -0.3 is 5.32 Å². The van der Waals surface area contributed by atoms with Crippen LogP contribution in [0.5, 0.6) is 0 Å². The zero-order chi connectivity index (χ0) is 14.7. The lowest BCUT2D eigenvalue weighted by Crippen LogP contribution is -2.22. The lowest BCUT2D eigenvalue weighted by molar-refractivity contribution is 0.549.